The second-order valence-electron chi connectivity index (χ2n) is 5.19. The van der Waals surface area contributed by atoms with Gasteiger partial charge in [-0.2, -0.15) is 0 Å². The van der Waals surface area contributed by atoms with E-state index in [0.29, 0.717) is 18.5 Å². The molecule has 1 aromatic rings. The van der Waals surface area contributed by atoms with Gasteiger partial charge in [0.2, 0.25) is 0 Å². The minimum atomic E-state index is -4.25. The van der Waals surface area contributed by atoms with E-state index in [-0.39, 0.29) is 0 Å². The Morgan fingerprint density at radius 2 is 2.00 bits per heavy atom. The summed E-state index contributed by atoms with van der Waals surface area (Å²) in [5.41, 5.74) is -0.629. The third-order valence-electron chi connectivity index (χ3n) is 3.62. The van der Waals surface area contributed by atoms with Crippen molar-refractivity contribution in [1.29, 1.82) is 0 Å². The van der Waals surface area contributed by atoms with Crippen LogP contribution in [-0.4, -0.2) is 32.8 Å². The Labute approximate surface area is 126 Å². The molecule has 0 N–H and O–H groups in total. The molecular weight excluding hydrogens is 324 g/mol. The maximum atomic E-state index is 13.8. The van der Waals surface area contributed by atoms with E-state index < -0.39 is 37.1 Å². The van der Waals surface area contributed by atoms with Crippen LogP contribution >= 0.6 is 10.7 Å². The molecule has 0 spiro atoms. The van der Waals surface area contributed by atoms with E-state index in [2.05, 4.69) is 0 Å². The van der Waals surface area contributed by atoms with Crippen molar-refractivity contribution in [2.24, 2.45) is 5.92 Å². The fraction of sp³-hybridized carbons (Fsp3) is 0.462. The molecule has 1 amide bonds. The van der Waals surface area contributed by atoms with Crippen molar-refractivity contribution in [3.8, 4) is 0 Å². The van der Waals surface area contributed by atoms with Gasteiger partial charge in [0, 0.05) is 24.3 Å². The van der Waals surface area contributed by atoms with E-state index in [9.17, 15) is 22.0 Å². The molecule has 21 heavy (non-hydrogen) atoms. The molecule has 0 aliphatic heterocycles. The Morgan fingerprint density at radius 3 is 2.48 bits per heavy atom. The second-order valence-corrected chi connectivity index (χ2v) is 7.75. The van der Waals surface area contributed by atoms with Gasteiger partial charge in [-0.3, -0.25) is 4.79 Å². The summed E-state index contributed by atoms with van der Waals surface area (Å²) in [7, 11) is 2.34. The highest BCUT2D eigenvalue weighted by Crippen LogP contribution is 2.28. The van der Waals surface area contributed by atoms with Crippen molar-refractivity contribution >= 4 is 25.6 Å². The minimum Gasteiger partial charge on any atom is -0.341 e. The Morgan fingerprint density at radius 1 is 1.38 bits per heavy atom. The number of benzene rings is 1. The first-order chi connectivity index (χ1) is 9.70. The third kappa shape index (κ3) is 3.52. The van der Waals surface area contributed by atoms with Gasteiger partial charge in [-0.25, -0.2) is 17.2 Å². The molecule has 1 saturated carbocycles. The maximum absolute atomic E-state index is 13.8. The smallest absolute Gasteiger partial charge is 0.261 e. The van der Waals surface area contributed by atoms with Gasteiger partial charge in [0.05, 0.1) is 10.5 Å². The largest absolute Gasteiger partial charge is 0.341 e. The van der Waals surface area contributed by atoms with Crippen LogP contribution in [0.4, 0.5) is 8.78 Å². The van der Waals surface area contributed by atoms with Gasteiger partial charge in [-0.15, -0.1) is 0 Å². The highest BCUT2D eigenvalue weighted by molar-refractivity contribution is 8.13. The van der Waals surface area contributed by atoms with Gasteiger partial charge in [0.15, 0.2) is 11.6 Å². The molecule has 0 bridgehead atoms. The number of carbonyl (C=O) groups excluding carboxylic acids is 1. The predicted molar refractivity (Wildman–Crippen MR) is 73.7 cm³/mol. The topological polar surface area (TPSA) is 54.5 Å². The molecule has 116 valence electrons. The van der Waals surface area contributed by atoms with E-state index in [4.69, 9.17) is 10.7 Å². The average Bonchev–Trinajstić information content (AvgIpc) is 2.34. The van der Waals surface area contributed by atoms with Gasteiger partial charge < -0.3 is 4.90 Å². The lowest BCUT2D eigenvalue weighted by Gasteiger charge is -2.30. The number of nitrogens with zero attached hydrogens (tertiary/aromatic N) is 1. The van der Waals surface area contributed by atoms with Gasteiger partial charge in [-0.05, 0) is 30.9 Å². The second kappa shape index (κ2) is 5.88. The molecule has 0 heterocycles. The highest BCUT2D eigenvalue weighted by Gasteiger charge is 2.26. The van der Waals surface area contributed by atoms with Crippen molar-refractivity contribution in [3.05, 3.63) is 29.3 Å². The fourth-order valence-electron chi connectivity index (χ4n) is 2.21. The van der Waals surface area contributed by atoms with E-state index in [1.807, 2.05) is 0 Å². The number of hydrogen-bond acceptors (Lipinski definition) is 3. The zero-order valence-electron chi connectivity index (χ0n) is 11.3. The van der Waals surface area contributed by atoms with Crippen LogP contribution in [-0.2, 0) is 9.05 Å². The summed E-state index contributed by atoms with van der Waals surface area (Å²) in [4.78, 5) is 12.8. The average molecular weight is 338 g/mol. The van der Waals surface area contributed by atoms with E-state index in [1.54, 1.807) is 0 Å². The van der Waals surface area contributed by atoms with Crippen LogP contribution in [0.3, 0.4) is 0 Å². The van der Waals surface area contributed by atoms with Crippen LogP contribution in [0.1, 0.15) is 29.6 Å². The van der Waals surface area contributed by atoms with Gasteiger partial charge in [0.25, 0.3) is 15.0 Å². The Hall–Kier alpha value is -1.21. The lowest BCUT2D eigenvalue weighted by Crippen LogP contribution is -2.34. The van der Waals surface area contributed by atoms with E-state index in [0.717, 1.165) is 25.3 Å². The number of rotatable bonds is 4. The number of hydrogen-bond donors (Lipinski definition) is 0. The van der Waals surface area contributed by atoms with Crippen molar-refractivity contribution in [3.63, 3.8) is 0 Å². The molecule has 1 fully saturated rings. The van der Waals surface area contributed by atoms with Crippen LogP contribution in [0.15, 0.2) is 17.0 Å². The molecule has 1 aliphatic carbocycles. The number of halogens is 3. The number of amides is 1. The molecule has 2 rings (SSSR count). The summed E-state index contributed by atoms with van der Waals surface area (Å²) in [6.45, 7) is 0.428. The van der Waals surface area contributed by atoms with Crippen LogP contribution < -0.4 is 0 Å². The zero-order chi connectivity index (χ0) is 15.8. The van der Waals surface area contributed by atoms with Crippen LogP contribution in [0.2, 0.25) is 0 Å². The molecule has 0 aromatic heterocycles. The summed E-state index contributed by atoms with van der Waals surface area (Å²) >= 11 is 0. The summed E-state index contributed by atoms with van der Waals surface area (Å²) in [5.74, 6) is -3.20. The van der Waals surface area contributed by atoms with Crippen molar-refractivity contribution in [2.75, 3.05) is 13.6 Å². The molecular formula is C13H14ClF2NO3S. The molecule has 0 saturated heterocycles. The fourth-order valence-corrected chi connectivity index (χ4v) is 2.98. The first-order valence-corrected chi connectivity index (χ1v) is 8.70. The molecule has 0 radical (unpaired) electrons. The van der Waals surface area contributed by atoms with Crippen molar-refractivity contribution in [2.45, 2.75) is 24.2 Å². The quantitative estimate of drug-likeness (QED) is 0.794. The first kappa shape index (κ1) is 16.2. The lowest BCUT2D eigenvalue weighted by atomic mass is 9.85. The Kier molecular flexibility index (Phi) is 4.53. The molecule has 0 unspecified atom stereocenters. The van der Waals surface area contributed by atoms with Gasteiger partial charge in [0.1, 0.15) is 0 Å². The predicted octanol–water partition coefficient (Wildman–Crippen LogP) is 2.76. The zero-order valence-corrected chi connectivity index (χ0v) is 12.8. The van der Waals surface area contributed by atoms with Gasteiger partial charge in [-0.1, -0.05) is 6.42 Å². The molecule has 4 nitrogen and oxygen atoms in total. The first-order valence-electron chi connectivity index (χ1n) is 6.39. The van der Waals surface area contributed by atoms with Crippen molar-refractivity contribution < 1.29 is 22.0 Å². The van der Waals surface area contributed by atoms with Crippen LogP contribution in [0, 0.1) is 17.6 Å². The molecule has 1 aromatic carbocycles. The molecule has 8 heteroatoms. The maximum Gasteiger partial charge on any atom is 0.261 e. The monoisotopic (exact) mass is 337 g/mol. The third-order valence-corrected chi connectivity index (χ3v) is 4.95. The van der Waals surface area contributed by atoms with E-state index in [1.165, 1.54) is 11.9 Å². The summed E-state index contributed by atoms with van der Waals surface area (Å²) in [6, 6.07) is 1.22. The van der Waals surface area contributed by atoms with Crippen LogP contribution in [0.5, 0.6) is 0 Å². The van der Waals surface area contributed by atoms with Gasteiger partial charge >= 0.3 is 0 Å². The Balaban J connectivity index is 2.33. The van der Waals surface area contributed by atoms with Crippen molar-refractivity contribution in [1.82, 2.24) is 4.90 Å². The molecule has 0 atom stereocenters. The Bertz CT molecular complexity index is 674. The van der Waals surface area contributed by atoms with Crippen LogP contribution in [0.25, 0.3) is 0 Å². The van der Waals surface area contributed by atoms with E-state index >= 15 is 0 Å². The summed E-state index contributed by atoms with van der Waals surface area (Å²) < 4.78 is 49.7. The summed E-state index contributed by atoms with van der Waals surface area (Å²) in [6.07, 6.45) is 3.07. The minimum absolute atomic E-state index is 0.354. The summed E-state index contributed by atoms with van der Waals surface area (Å²) in [5, 5.41) is 0. The number of carbonyl (C=O) groups is 1. The normalized spacial score (nSPS) is 15.6. The SMILES string of the molecule is CN(CC1CCC1)C(=O)c1cc(S(=O)(=O)Cl)cc(F)c1F. The lowest BCUT2D eigenvalue weighted by molar-refractivity contribution is 0.0739. The standard InChI is InChI=1S/C13H14ClF2NO3S/c1-17(7-8-3-2-4-8)13(18)10-5-9(21(14,19)20)6-11(15)12(10)16/h5-6,8H,2-4,7H2,1H3. The highest BCUT2D eigenvalue weighted by atomic mass is 35.7. The molecule has 1 aliphatic rings.